The zero-order valence-electron chi connectivity index (χ0n) is 14.9. The van der Waals surface area contributed by atoms with Gasteiger partial charge in [-0.2, -0.15) is 0 Å². The van der Waals surface area contributed by atoms with Crippen molar-refractivity contribution in [2.24, 2.45) is 0 Å². The first-order valence-corrected chi connectivity index (χ1v) is 9.91. The smallest absolute Gasteiger partial charge is 0.224 e. The van der Waals surface area contributed by atoms with Gasteiger partial charge in [-0.25, -0.2) is 0 Å². The molecule has 2 heterocycles. The minimum absolute atomic E-state index is 0.0595. The van der Waals surface area contributed by atoms with Crippen LogP contribution in [0.15, 0.2) is 30.3 Å². The molecule has 25 heavy (non-hydrogen) atoms. The van der Waals surface area contributed by atoms with Gasteiger partial charge in [-0.05, 0) is 25.5 Å². The summed E-state index contributed by atoms with van der Waals surface area (Å²) in [4.78, 5) is 16.3. The van der Waals surface area contributed by atoms with Gasteiger partial charge in [0.05, 0.1) is 24.4 Å². The average Bonchev–Trinajstić information content (AvgIpc) is 2.59. The Bertz CT molecular complexity index is 709. The van der Waals surface area contributed by atoms with E-state index in [4.69, 9.17) is 17.0 Å². The van der Waals surface area contributed by atoms with Gasteiger partial charge < -0.3 is 14.5 Å². The van der Waals surface area contributed by atoms with Gasteiger partial charge in [0.15, 0.2) is 0 Å². The molecule has 6 heteroatoms. The summed E-state index contributed by atoms with van der Waals surface area (Å²) in [6.07, 6.45) is 2.20. The van der Waals surface area contributed by atoms with Gasteiger partial charge in [-0.3, -0.25) is 4.79 Å². The zero-order valence-corrected chi connectivity index (χ0v) is 16.6. The highest BCUT2D eigenvalue weighted by Gasteiger charge is 2.34. The molecule has 1 aromatic carbocycles. The van der Waals surface area contributed by atoms with Crippen molar-refractivity contribution >= 4 is 45.5 Å². The largest absolute Gasteiger partial charge is 0.378 e. The Balaban J connectivity index is 1.81. The number of hydrogen-bond acceptors (Lipinski definition) is 4. The number of benzene rings is 1. The number of hydrogen-bond donors (Lipinski definition) is 0. The molecular formula is C19H24N2O2S2. The average molecular weight is 377 g/mol. The van der Waals surface area contributed by atoms with Crippen LogP contribution in [0, 0.1) is 0 Å². The number of thioether (sulfide) groups is 1. The summed E-state index contributed by atoms with van der Waals surface area (Å²) in [5.74, 6) is 0.867. The number of carbonyl (C=O) groups excluding carboxylic acids is 1. The van der Waals surface area contributed by atoms with Crippen molar-refractivity contribution in [3.8, 4) is 0 Å². The van der Waals surface area contributed by atoms with Gasteiger partial charge >= 0.3 is 0 Å². The molecule has 0 atom stereocenters. The molecule has 0 unspecified atom stereocenters. The van der Waals surface area contributed by atoms with Crippen molar-refractivity contribution < 1.29 is 9.53 Å². The van der Waals surface area contributed by atoms with Crippen LogP contribution >= 0.6 is 24.0 Å². The maximum absolute atomic E-state index is 12.2. The van der Waals surface area contributed by atoms with Crippen molar-refractivity contribution in [3.05, 3.63) is 35.9 Å². The lowest BCUT2D eigenvalue weighted by molar-refractivity contribution is -0.117. The molecule has 0 spiro atoms. The number of para-hydroxylation sites is 1. The molecule has 0 bridgehead atoms. The van der Waals surface area contributed by atoms with Gasteiger partial charge in [0, 0.05) is 31.3 Å². The van der Waals surface area contributed by atoms with Crippen LogP contribution in [0.25, 0.3) is 5.57 Å². The van der Waals surface area contributed by atoms with Crippen molar-refractivity contribution in [2.75, 3.05) is 37.0 Å². The quantitative estimate of drug-likeness (QED) is 0.737. The lowest BCUT2D eigenvalue weighted by Crippen LogP contribution is -2.48. The third-order valence-corrected chi connectivity index (χ3v) is 6.10. The predicted molar refractivity (Wildman–Crippen MR) is 109 cm³/mol. The first-order chi connectivity index (χ1) is 11.9. The summed E-state index contributed by atoms with van der Waals surface area (Å²) < 4.78 is 6.32. The van der Waals surface area contributed by atoms with E-state index in [0.29, 0.717) is 0 Å². The highest BCUT2D eigenvalue weighted by Crippen LogP contribution is 2.40. The van der Waals surface area contributed by atoms with Crippen LogP contribution in [0.3, 0.4) is 0 Å². The van der Waals surface area contributed by atoms with Gasteiger partial charge in [0.2, 0.25) is 5.91 Å². The fraction of sp³-hybridized carbons (Fsp3) is 0.474. The summed E-state index contributed by atoms with van der Waals surface area (Å²) in [7, 11) is 0. The molecule has 0 N–H and O–H groups in total. The molecule has 2 aliphatic heterocycles. The second-order valence-corrected chi connectivity index (χ2v) is 8.46. The van der Waals surface area contributed by atoms with Crippen molar-refractivity contribution in [3.63, 3.8) is 0 Å². The maximum Gasteiger partial charge on any atom is 0.224 e. The van der Waals surface area contributed by atoms with Gasteiger partial charge in [0.25, 0.3) is 0 Å². The number of fused-ring (bicyclic) bond motifs is 1. The van der Waals surface area contributed by atoms with E-state index in [0.717, 1.165) is 47.6 Å². The lowest BCUT2D eigenvalue weighted by atomic mass is 9.89. The van der Waals surface area contributed by atoms with E-state index in [1.807, 2.05) is 23.1 Å². The molecular weight excluding hydrogens is 352 g/mol. The van der Waals surface area contributed by atoms with Gasteiger partial charge in [-0.1, -0.05) is 48.3 Å². The lowest BCUT2D eigenvalue weighted by Gasteiger charge is -2.41. The van der Waals surface area contributed by atoms with Crippen molar-refractivity contribution in [1.29, 1.82) is 0 Å². The molecule has 0 aromatic heterocycles. The second-order valence-electron chi connectivity index (χ2n) is 6.85. The third-order valence-electron chi connectivity index (χ3n) is 4.53. The monoisotopic (exact) mass is 376 g/mol. The Labute approximate surface area is 159 Å². The number of rotatable bonds is 2. The van der Waals surface area contributed by atoms with E-state index in [2.05, 4.69) is 30.9 Å². The van der Waals surface area contributed by atoms with Crippen LogP contribution in [0.4, 0.5) is 5.69 Å². The van der Waals surface area contributed by atoms with E-state index in [9.17, 15) is 4.79 Å². The molecule has 1 fully saturated rings. The number of carbonyl (C=O) groups is 1. The summed E-state index contributed by atoms with van der Waals surface area (Å²) in [5, 5.41) is 0. The van der Waals surface area contributed by atoms with E-state index in [-0.39, 0.29) is 11.4 Å². The van der Waals surface area contributed by atoms with Crippen LogP contribution < -0.4 is 4.90 Å². The fourth-order valence-corrected chi connectivity index (χ4v) is 4.73. The molecule has 0 saturated carbocycles. The Kier molecular flexibility index (Phi) is 5.51. The minimum atomic E-state index is -0.351. The Morgan fingerprint density at radius 3 is 2.64 bits per heavy atom. The minimum Gasteiger partial charge on any atom is -0.378 e. The maximum atomic E-state index is 12.2. The third kappa shape index (κ3) is 3.91. The first kappa shape index (κ1) is 18.4. The topological polar surface area (TPSA) is 32.8 Å². The predicted octanol–water partition coefficient (Wildman–Crippen LogP) is 3.57. The molecule has 0 radical (unpaired) electrons. The summed E-state index contributed by atoms with van der Waals surface area (Å²) in [5.41, 5.74) is 2.99. The Morgan fingerprint density at radius 2 is 1.96 bits per heavy atom. The highest BCUT2D eigenvalue weighted by atomic mass is 32.2. The zero-order chi connectivity index (χ0) is 18.0. The number of nitrogens with zero attached hydrogens (tertiary/aromatic N) is 2. The van der Waals surface area contributed by atoms with Crippen LogP contribution in [-0.2, 0) is 9.53 Å². The summed E-state index contributed by atoms with van der Waals surface area (Å²) >= 11 is 7.30. The number of ether oxygens (including phenoxy) is 1. The van der Waals surface area contributed by atoms with E-state index < -0.39 is 0 Å². The van der Waals surface area contributed by atoms with E-state index in [1.165, 1.54) is 5.57 Å². The molecule has 134 valence electrons. The molecule has 0 aliphatic carbocycles. The van der Waals surface area contributed by atoms with Crippen molar-refractivity contribution in [2.45, 2.75) is 26.3 Å². The van der Waals surface area contributed by atoms with Crippen LogP contribution in [0.1, 0.15) is 26.3 Å². The SMILES string of the molecule is CC(=O)N1c2ccccc2C(CSC(=S)N2CCOCC2)=CC1(C)C. The molecule has 1 amide bonds. The number of thiocarbonyl (C=S) groups is 1. The number of anilines is 1. The van der Waals surface area contributed by atoms with E-state index >= 15 is 0 Å². The van der Waals surface area contributed by atoms with Gasteiger partial charge in [-0.15, -0.1) is 0 Å². The molecule has 1 aromatic rings. The number of amides is 1. The molecule has 4 nitrogen and oxygen atoms in total. The standard InChI is InChI=1S/C19H24N2O2S2/c1-14(22)21-17-7-5-4-6-16(17)15(12-19(21,2)3)13-25-18(24)20-8-10-23-11-9-20/h4-7,12H,8-11,13H2,1-3H3. The van der Waals surface area contributed by atoms with Crippen molar-refractivity contribution in [1.82, 2.24) is 4.90 Å². The highest BCUT2D eigenvalue weighted by molar-refractivity contribution is 8.23. The van der Waals surface area contributed by atoms with Crippen LogP contribution in [0.5, 0.6) is 0 Å². The van der Waals surface area contributed by atoms with E-state index in [1.54, 1.807) is 18.7 Å². The van der Waals surface area contributed by atoms with Crippen LogP contribution in [0.2, 0.25) is 0 Å². The van der Waals surface area contributed by atoms with Gasteiger partial charge in [0.1, 0.15) is 4.32 Å². The molecule has 3 rings (SSSR count). The normalized spacial score (nSPS) is 19.2. The summed E-state index contributed by atoms with van der Waals surface area (Å²) in [6.45, 7) is 9.00. The summed E-state index contributed by atoms with van der Waals surface area (Å²) in [6, 6.07) is 8.12. The fourth-order valence-electron chi connectivity index (χ4n) is 3.49. The number of morpholine rings is 1. The molecule has 2 aliphatic rings. The van der Waals surface area contributed by atoms with Crippen LogP contribution in [-0.4, -0.2) is 52.7 Å². The Hall–Kier alpha value is -1.37. The molecule has 1 saturated heterocycles. The Morgan fingerprint density at radius 1 is 1.28 bits per heavy atom. The first-order valence-electron chi connectivity index (χ1n) is 8.51. The second kappa shape index (κ2) is 7.48.